The van der Waals surface area contributed by atoms with Crippen LogP contribution in [0.2, 0.25) is 0 Å². The number of H-pyrrole nitrogens is 1. The highest BCUT2D eigenvalue weighted by atomic mass is 127. The average Bonchev–Trinajstić information content (AvgIpc) is 2.93. The number of benzene rings is 1. The molecule has 112 valence electrons. The molecule has 0 radical (unpaired) electrons. The molecule has 0 spiro atoms. The Morgan fingerprint density at radius 2 is 2.29 bits per heavy atom. The first-order valence-corrected chi connectivity index (χ1v) is 9.73. The molecule has 1 aliphatic heterocycles. The van der Waals surface area contributed by atoms with Gasteiger partial charge in [-0.25, -0.2) is 0 Å². The van der Waals surface area contributed by atoms with Crippen molar-refractivity contribution in [3.05, 3.63) is 35.5 Å². The molecule has 3 atom stereocenters. The highest BCUT2D eigenvalue weighted by molar-refractivity contribution is 14.1. The summed E-state index contributed by atoms with van der Waals surface area (Å²) in [5, 5.41) is 1.53. The molecule has 2 aromatic rings. The lowest BCUT2D eigenvalue weighted by molar-refractivity contribution is 0.0936. The number of aromatic nitrogens is 1. The van der Waals surface area contributed by atoms with E-state index >= 15 is 0 Å². The maximum absolute atomic E-state index is 3.48. The number of fused-ring (bicyclic) bond motifs is 2. The van der Waals surface area contributed by atoms with Gasteiger partial charge < -0.3 is 4.98 Å². The van der Waals surface area contributed by atoms with Gasteiger partial charge in [-0.05, 0) is 48.9 Å². The quantitative estimate of drug-likeness (QED) is 0.606. The summed E-state index contributed by atoms with van der Waals surface area (Å²) in [7, 11) is 0. The second-order valence-corrected chi connectivity index (χ2v) is 7.59. The van der Waals surface area contributed by atoms with Crippen LogP contribution >= 0.6 is 22.6 Å². The van der Waals surface area contributed by atoms with E-state index < -0.39 is 0 Å². The van der Waals surface area contributed by atoms with Crippen molar-refractivity contribution < 1.29 is 0 Å². The van der Waals surface area contributed by atoms with E-state index in [2.05, 4.69) is 63.8 Å². The second kappa shape index (κ2) is 5.58. The Morgan fingerprint density at radius 3 is 3.10 bits per heavy atom. The lowest BCUT2D eigenvalue weighted by atomic mass is 9.72. The van der Waals surface area contributed by atoms with E-state index in [0.29, 0.717) is 0 Å². The van der Waals surface area contributed by atoms with Crippen LogP contribution in [0, 0.1) is 5.92 Å². The first-order valence-electron chi connectivity index (χ1n) is 8.20. The van der Waals surface area contributed by atoms with Crippen molar-refractivity contribution in [1.29, 1.82) is 0 Å². The predicted octanol–water partition coefficient (Wildman–Crippen LogP) is 4.34. The van der Waals surface area contributed by atoms with Crippen LogP contribution in [0.1, 0.15) is 36.8 Å². The van der Waals surface area contributed by atoms with Gasteiger partial charge in [-0.2, -0.15) is 0 Å². The van der Waals surface area contributed by atoms with Gasteiger partial charge in [0.2, 0.25) is 0 Å². The molecule has 3 unspecified atom stereocenters. The van der Waals surface area contributed by atoms with Crippen LogP contribution in [0.25, 0.3) is 10.9 Å². The molecule has 21 heavy (non-hydrogen) atoms. The summed E-state index contributed by atoms with van der Waals surface area (Å²) in [6, 6.07) is 7.57. The Bertz CT molecular complexity index is 648. The molecular weight excluding hydrogens is 371 g/mol. The molecule has 0 amide bonds. The molecule has 3 heteroatoms. The number of alkyl halides is 1. The molecule has 1 saturated heterocycles. The fraction of sp³-hybridized carbons (Fsp3) is 0.556. The van der Waals surface area contributed by atoms with E-state index in [1.165, 1.54) is 53.2 Å². The molecule has 1 aromatic heterocycles. The van der Waals surface area contributed by atoms with Crippen molar-refractivity contribution >= 4 is 33.5 Å². The lowest BCUT2D eigenvalue weighted by Crippen LogP contribution is -2.50. The van der Waals surface area contributed by atoms with E-state index in [-0.39, 0.29) is 0 Å². The van der Waals surface area contributed by atoms with E-state index in [1.807, 2.05) is 0 Å². The second-order valence-electron chi connectivity index (χ2n) is 6.71. The zero-order valence-corrected chi connectivity index (χ0v) is 14.8. The highest BCUT2D eigenvalue weighted by Crippen LogP contribution is 2.44. The number of hydrogen-bond donors (Lipinski definition) is 1. The minimum atomic E-state index is 0.720. The number of halogens is 1. The predicted molar refractivity (Wildman–Crippen MR) is 97.4 cm³/mol. The normalized spacial score (nSPS) is 28.8. The van der Waals surface area contributed by atoms with Gasteiger partial charge in [0.05, 0.1) is 0 Å². The Kier molecular flexibility index (Phi) is 3.74. The van der Waals surface area contributed by atoms with Gasteiger partial charge in [0.25, 0.3) is 0 Å². The van der Waals surface area contributed by atoms with Crippen LogP contribution < -0.4 is 0 Å². The number of nitrogens with one attached hydrogen (secondary N) is 1. The van der Waals surface area contributed by atoms with Gasteiger partial charge in [0.1, 0.15) is 0 Å². The van der Waals surface area contributed by atoms with E-state index in [0.717, 1.165) is 17.9 Å². The summed E-state index contributed by atoms with van der Waals surface area (Å²) in [5.41, 5.74) is 4.48. The van der Waals surface area contributed by atoms with E-state index in [4.69, 9.17) is 0 Å². The van der Waals surface area contributed by atoms with Crippen molar-refractivity contribution in [3.63, 3.8) is 0 Å². The molecule has 0 bridgehead atoms. The van der Waals surface area contributed by atoms with Gasteiger partial charge in [-0.15, -0.1) is 0 Å². The van der Waals surface area contributed by atoms with Crippen LogP contribution in [0.3, 0.4) is 0 Å². The minimum absolute atomic E-state index is 0.720. The first-order chi connectivity index (χ1) is 10.3. The molecule has 1 fully saturated rings. The zero-order chi connectivity index (χ0) is 14.4. The van der Waals surface area contributed by atoms with Gasteiger partial charge in [0.15, 0.2) is 0 Å². The van der Waals surface area contributed by atoms with Gasteiger partial charge in [0, 0.05) is 40.0 Å². The van der Waals surface area contributed by atoms with Crippen molar-refractivity contribution in [3.8, 4) is 0 Å². The summed E-state index contributed by atoms with van der Waals surface area (Å²) in [6.45, 7) is 4.87. The van der Waals surface area contributed by atoms with Gasteiger partial charge in [-0.3, -0.25) is 4.90 Å². The van der Waals surface area contributed by atoms with Crippen LogP contribution in [-0.4, -0.2) is 33.4 Å². The third-order valence-electron chi connectivity index (χ3n) is 5.39. The summed E-state index contributed by atoms with van der Waals surface area (Å²) < 4.78 is 1.29. The van der Waals surface area contributed by atoms with Crippen LogP contribution in [-0.2, 0) is 6.42 Å². The van der Waals surface area contributed by atoms with Gasteiger partial charge in [-0.1, -0.05) is 41.6 Å². The number of nitrogens with zero attached hydrogens (tertiary/aromatic N) is 1. The summed E-state index contributed by atoms with van der Waals surface area (Å²) >= 11 is 2.58. The molecule has 2 aliphatic rings. The Balaban J connectivity index is 1.79. The third kappa shape index (κ3) is 2.24. The fourth-order valence-corrected chi connectivity index (χ4v) is 5.19. The van der Waals surface area contributed by atoms with Gasteiger partial charge >= 0.3 is 0 Å². The number of aromatic amines is 1. The van der Waals surface area contributed by atoms with E-state index in [1.54, 1.807) is 5.56 Å². The Labute approximate surface area is 140 Å². The number of likely N-dealkylation sites (tertiary alicyclic amines) is 1. The summed E-state index contributed by atoms with van der Waals surface area (Å²) in [4.78, 5) is 6.27. The monoisotopic (exact) mass is 394 g/mol. The lowest BCUT2D eigenvalue weighted by Gasteiger charge is -2.47. The molecular formula is C18H23IN2. The minimum Gasteiger partial charge on any atom is -0.361 e. The number of hydrogen-bond acceptors (Lipinski definition) is 1. The van der Waals surface area contributed by atoms with E-state index in [9.17, 15) is 0 Å². The largest absolute Gasteiger partial charge is 0.361 e. The molecule has 1 aliphatic carbocycles. The Hall–Kier alpha value is -0.550. The van der Waals surface area contributed by atoms with Crippen molar-refractivity contribution in [2.75, 3.05) is 17.5 Å². The van der Waals surface area contributed by atoms with Crippen molar-refractivity contribution in [1.82, 2.24) is 9.88 Å². The molecule has 4 rings (SSSR count). The molecule has 0 saturated carbocycles. The SMILES string of the molecule is CCCN1CC(CI)CC2c3cccc4[nH]cc(c34)CC21. The number of piperidine rings is 1. The summed E-state index contributed by atoms with van der Waals surface area (Å²) in [6.07, 6.45) is 6.12. The first kappa shape index (κ1) is 14.1. The summed E-state index contributed by atoms with van der Waals surface area (Å²) in [5.74, 6) is 1.59. The van der Waals surface area contributed by atoms with Crippen molar-refractivity contribution in [2.45, 2.75) is 38.1 Å². The molecule has 2 heterocycles. The topological polar surface area (TPSA) is 19.0 Å². The molecule has 1 N–H and O–H groups in total. The maximum atomic E-state index is 3.48. The molecule has 1 aromatic carbocycles. The van der Waals surface area contributed by atoms with Crippen LogP contribution in [0.4, 0.5) is 0 Å². The Morgan fingerprint density at radius 1 is 1.38 bits per heavy atom. The standard InChI is InChI=1S/C18H23IN2/c1-2-6-21-11-12(9-19)7-15-14-4-3-5-16-18(14)13(10-20-16)8-17(15)21/h3-5,10,12,15,17,20H,2,6-9,11H2,1H3. The maximum Gasteiger partial charge on any atom is 0.0459 e. The third-order valence-corrected chi connectivity index (χ3v) is 6.64. The molecule has 2 nitrogen and oxygen atoms in total. The van der Waals surface area contributed by atoms with Crippen LogP contribution in [0.15, 0.2) is 24.4 Å². The zero-order valence-electron chi connectivity index (χ0n) is 12.6. The number of rotatable bonds is 3. The average molecular weight is 394 g/mol. The van der Waals surface area contributed by atoms with Crippen LogP contribution in [0.5, 0.6) is 0 Å². The smallest absolute Gasteiger partial charge is 0.0459 e. The highest BCUT2D eigenvalue weighted by Gasteiger charge is 2.39. The van der Waals surface area contributed by atoms with Crippen molar-refractivity contribution in [2.24, 2.45) is 5.92 Å². The fourth-order valence-electron chi connectivity index (χ4n) is 4.56.